The van der Waals surface area contributed by atoms with Crippen LogP contribution in [0.4, 0.5) is 5.69 Å². The van der Waals surface area contributed by atoms with Crippen LogP contribution in [0.1, 0.15) is 25.3 Å². The topological polar surface area (TPSA) is 95.6 Å². The van der Waals surface area contributed by atoms with Crippen LogP contribution in [0.2, 0.25) is 0 Å². The molecule has 0 fully saturated rings. The molecule has 5 nitrogen and oxygen atoms in total. The number of rotatable bonds is 7. The van der Waals surface area contributed by atoms with Gasteiger partial charge < -0.3 is 21.3 Å². The van der Waals surface area contributed by atoms with E-state index in [0.717, 1.165) is 5.56 Å². The Balaban J connectivity index is 2.49. The van der Waals surface area contributed by atoms with Crippen molar-refractivity contribution in [2.24, 2.45) is 0 Å². The predicted molar refractivity (Wildman–Crippen MR) is 74.5 cm³/mol. The first kappa shape index (κ1) is 15.5. The van der Waals surface area contributed by atoms with Gasteiger partial charge in [-0.1, -0.05) is 19.1 Å². The number of benzene rings is 1. The van der Waals surface area contributed by atoms with Crippen molar-refractivity contribution in [1.29, 1.82) is 0 Å². The number of aryl methyl sites for hydroxylation is 1. The van der Waals surface area contributed by atoms with Crippen molar-refractivity contribution in [2.45, 2.75) is 31.7 Å². The van der Waals surface area contributed by atoms with Crippen molar-refractivity contribution in [3.05, 3.63) is 29.8 Å². The van der Waals surface area contributed by atoms with Gasteiger partial charge in [-0.2, -0.15) is 0 Å². The van der Waals surface area contributed by atoms with Gasteiger partial charge in [-0.05, 0) is 30.5 Å². The van der Waals surface area contributed by atoms with Crippen LogP contribution >= 0.6 is 0 Å². The molecule has 0 aromatic heterocycles. The zero-order chi connectivity index (χ0) is 14.3. The summed E-state index contributed by atoms with van der Waals surface area (Å²) in [4.78, 5) is 11.8. The minimum atomic E-state index is -0.918. The molecule has 0 atom stereocenters. The first-order valence-corrected chi connectivity index (χ1v) is 6.42. The van der Waals surface area contributed by atoms with Crippen LogP contribution in [0.3, 0.4) is 0 Å². The Bertz CT molecular complexity index is 391. The van der Waals surface area contributed by atoms with Crippen molar-refractivity contribution >= 4 is 11.6 Å². The summed E-state index contributed by atoms with van der Waals surface area (Å²) in [6.45, 7) is 1.27. The number of hydrogen-bond acceptors (Lipinski definition) is 4. The summed E-state index contributed by atoms with van der Waals surface area (Å²) in [6.07, 6.45) is 1.39. The molecule has 0 unspecified atom stereocenters. The van der Waals surface area contributed by atoms with E-state index in [9.17, 15) is 15.0 Å². The maximum atomic E-state index is 11.8. The minimum absolute atomic E-state index is 0.179. The summed E-state index contributed by atoms with van der Waals surface area (Å²) in [5, 5.41) is 21.2. The molecule has 1 amide bonds. The Labute approximate surface area is 113 Å². The summed E-state index contributed by atoms with van der Waals surface area (Å²) in [6, 6.07) is 7.36. The molecular weight excluding hydrogens is 244 g/mol. The van der Waals surface area contributed by atoms with E-state index in [4.69, 9.17) is 5.73 Å². The average Bonchev–Trinajstić information content (AvgIpc) is 2.44. The quantitative estimate of drug-likeness (QED) is 0.539. The highest BCUT2D eigenvalue weighted by Crippen LogP contribution is 2.11. The predicted octanol–water partition coefficient (Wildman–Crippen LogP) is 0.451. The highest BCUT2D eigenvalue weighted by Gasteiger charge is 2.28. The minimum Gasteiger partial charge on any atom is -0.399 e. The molecule has 1 rings (SSSR count). The lowest BCUT2D eigenvalue weighted by molar-refractivity contribution is -0.124. The van der Waals surface area contributed by atoms with Crippen molar-refractivity contribution in [3.8, 4) is 0 Å². The van der Waals surface area contributed by atoms with E-state index < -0.39 is 5.54 Å². The number of nitrogens with one attached hydrogen (secondary N) is 1. The lowest BCUT2D eigenvalue weighted by atomic mass is 9.98. The van der Waals surface area contributed by atoms with Gasteiger partial charge in [0.15, 0.2) is 0 Å². The van der Waals surface area contributed by atoms with Crippen molar-refractivity contribution in [1.82, 2.24) is 5.32 Å². The van der Waals surface area contributed by atoms with E-state index >= 15 is 0 Å². The smallest absolute Gasteiger partial charge is 0.220 e. The number of amides is 1. The fraction of sp³-hybridized carbons (Fsp3) is 0.500. The molecule has 5 heteroatoms. The van der Waals surface area contributed by atoms with Crippen molar-refractivity contribution < 1.29 is 15.0 Å². The highest BCUT2D eigenvalue weighted by atomic mass is 16.3. The molecule has 0 heterocycles. The molecule has 0 spiro atoms. The summed E-state index contributed by atoms with van der Waals surface area (Å²) in [7, 11) is 0. The van der Waals surface area contributed by atoms with Crippen LogP contribution in [-0.2, 0) is 11.2 Å². The molecule has 0 saturated carbocycles. The van der Waals surface area contributed by atoms with E-state index in [-0.39, 0.29) is 19.1 Å². The van der Waals surface area contributed by atoms with Crippen LogP contribution in [0.25, 0.3) is 0 Å². The molecule has 1 aromatic rings. The van der Waals surface area contributed by atoms with Gasteiger partial charge in [-0.3, -0.25) is 4.79 Å². The highest BCUT2D eigenvalue weighted by molar-refractivity contribution is 5.77. The maximum Gasteiger partial charge on any atom is 0.220 e. The van der Waals surface area contributed by atoms with Gasteiger partial charge in [-0.15, -0.1) is 0 Å². The van der Waals surface area contributed by atoms with Gasteiger partial charge in [0.2, 0.25) is 5.91 Å². The molecule has 5 N–H and O–H groups in total. The normalized spacial score (nSPS) is 11.3. The Kier molecular flexibility index (Phi) is 5.79. The number of anilines is 1. The SMILES string of the molecule is CCC(CO)(CO)NC(=O)CCc1ccc(N)cc1. The molecule has 0 bridgehead atoms. The van der Waals surface area contributed by atoms with Gasteiger partial charge in [0.05, 0.1) is 18.8 Å². The van der Waals surface area contributed by atoms with E-state index in [2.05, 4.69) is 5.32 Å². The van der Waals surface area contributed by atoms with Crippen LogP contribution in [0, 0.1) is 0 Å². The molecule has 19 heavy (non-hydrogen) atoms. The second-order valence-corrected chi connectivity index (χ2v) is 4.74. The fourth-order valence-corrected chi connectivity index (χ4v) is 1.74. The van der Waals surface area contributed by atoms with Crippen LogP contribution < -0.4 is 11.1 Å². The maximum absolute atomic E-state index is 11.8. The summed E-state index contributed by atoms with van der Waals surface area (Å²) in [5.41, 5.74) is 6.39. The molecule has 0 aliphatic rings. The molecule has 0 aliphatic carbocycles. The third-order valence-corrected chi connectivity index (χ3v) is 3.31. The van der Waals surface area contributed by atoms with Gasteiger partial charge in [0, 0.05) is 12.1 Å². The van der Waals surface area contributed by atoms with Crippen LogP contribution in [0.15, 0.2) is 24.3 Å². The molecular formula is C14H22N2O3. The van der Waals surface area contributed by atoms with E-state index in [1.54, 1.807) is 12.1 Å². The number of aliphatic hydroxyl groups excluding tert-OH is 2. The zero-order valence-corrected chi connectivity index (χ0v) is 11.2. The summed E-state index contributed by atoms with van der Waals surface area (Å²) >= 11 is 0. The fourth-order valence-electron chi connectivity index (χ4n) is 1.74. The van der Waals surface area contributed by atoms with E-state index in [1.165, 1.54) is 0 Å². The van der Waals surface area contributed by atoms with Crippen LogP contribution in [0.5, 0.6) is 0 Å². The van der Waals surface area contributed by atoms with Crippen molar-refractivity contribution in [3.63, 3.8) is 0 Å². The first-order chi connectivity index (χ1) is 9.05. The first-order valence-electron chi connectivity index (χ1n) is 6.42. The van der Waals surface area contributed by atoms with E-state index in [0.29, 0.717) is 24.9 Å². The van der Waals surface area contributed by atoms with E-state index in [1.807, 2.05) is 19.1 Å². The number of carbonyl (C=O) groups is 1. The second-order valence-electron chi connectivity index (χ2n) is 4.74. The Morgan fingerprint density at radius 1 is 1.26 bits per heavy atom. The summed E-state index contributed by atoms with van der Waals surface area (Å²) in [5.74, 6) is -0.179. The van der Waals surface area contributed by atoms with Gasteiger partial charge in [-0.25, -0.2) is 0 Å². The van der Waals surface area contributed by atoms with Gasteiger partial charge in [0.25, 0.3) is 0 Å². The monoisotopic (exact) mass is 266 g/mol. The number of aliphatic hydroxyl groups is 2. The largest absolute Gasteiger partial charge is 0.399 e. The molecule has 1 aromatic carbocycles. The molecule has 0 aliphatic heterocycles. The molecule has 106 valence electrons. The second kappa shape index (κ2) is 7.11. The number of carbonyl (C=O) groups excluding carboxylic acids is 1. The Morgan fingerprint density at radius 3 is 2.32 bits per heavy atom. The lowest BCUT2D eigenvalue weighted by Crippen LogP contribution is -2.53. The Hall–Kier alpha value is -1.59. The van der Waals surface area contributed by atoms with Crippen molar-refractivity contribution in [2.75, 3.05) is 18.9 Å². The summed E-state index contributed by atoms with van der Waals surface area (Å²) < 4.78 is 0. The third-order valence-electron chi connectivity index (χ3n) is 3.31. The zero-order valence-electron chi connectivity index (χ0n) is 11.2. The number of nitrogen functional groups attached to an aromatic ring is 1. The van der Waals surface area contributed by atoms with Crippen LogP contribution in [-0.4, -0.2) is 34.9 Å². The number of nitrogens with two attached hydrogens (primary N) is 1. The Morgan fingerprint density at radius 2 is 1.84 bits per heavy atom. The third kappa shape index (κ3) is 4.54. The lowest BCUT2D eigenvalue weighted by Gasteiger charge is -2.29. The number of hydrogen-bond donors (Lipinski definition) is 4. The molecule has 0 radical (unpaired) electrons. The van der Waals surface area contributed by atoms with Gasteiger partial charge >= 0.3 is 0 Å². The standard InChI is InChI=1S/C14H22N2O3/c1-2-14(9-17,10-18)16-13(19)8-5-11-3-6-12(15)7-4-11/h3-4,6-7,17-18H,2,5,8-10,15H2,1H3,(H,16,19). The molecule has 0 saturated heterocycles. The van der Waals surface area contributed by atoms with Gasteiger partial charge in [0.1, 0.15) is 0 Å². The average molecular weight is 266 g/mol.